The van der Waals surface area contributed by atoms with Crippen LogP contribution in [0.5, 0.6) is 0 Å². The zero-order chi connectivity index (χ0) is 48.1. The molecule has 0 aliphatic carbocycles. The number of hydrogen-bond acceptors (Lipinski definition) is 8. The predicted octanol–water partition coefficient (Wildman–Crippen LogP) is 17.7. The molecule has 392 valence electrons. The van der Waals surface area contributed by atoms with Crippen molar-refractivity contribution in [1.29, 1.82) is 0 Å². The molecular weight excluding hydrogens is 846 g/mol. The van der Waals surface area contributed by atoms with Crippen molar-refractivity contribution in [1.82, 2.24) is 0 Å². The zero-order valence-corrected chi connectivity index (χ0v) is 44.6. The minimum Gasteiger partial charge on any atom is -0.462 e. The maximum Gasteiger partial charge on any atom is 0.472 e. The Labute approximate surface area is 409 Å². The van der Waals surface area contributed by atoms with E-state index in [1.54, 1.807) is 0 Å². The summed E-state index contributed by atoms with van der Waals surface area (Å²) in [5.41, 5.74) is 5.38. The van der Waals surface area contributed by atoms with E-state index in [0.717, 1.165) is 25.7 Å². The van der Waals surface area contributed by atoms with Crippen molar-refractivity contribution in [2.45, 2.75) is 309 Å². The number of carbonyl (C=O) groups is 2. The molecule has 66 heavy (non-hydrogen) atoms. The molecule has 2 atom stereocenters. The quantitative estimate of drug-likeness (QED) is 0.0264. The van der Waals surface area contributed by atoms with Crippen LogP contribution in [-0.4, -0.2) is 49.3 Å². The van der Waals surface area contributed by atoms with Gasteiger partial charge in [0.1, 0.15) is 6.61 Å². The minimum atomic E-state index is -4.39. The number of carbonyl (C=O) groups excluding carboxylic acids is 2. The first-order chi connectivity index (χ1) is 32.3. The van der Waals surface area contributed by atoms with Crippen LogP contribution in [0.1, 0.15) is 303 Å². The Balaban J connectivity index is 3.96. The number of ether oxygens (including phenoxy) is 2. The van der Waals surface area contributed by atoms with E-state index in [2.05, 4.69) is 26.0 Å². The largest absolute Gasteiger partial charge is 0.472 e. The molecule has 0 aromatic rings. The lowest BCUT2D eigenvalue weighted by Crippen LogP contribution is -2.29. The SMILES string of the molecule is CCCCCCCCCCCCCCCCCCCC/C=C/CCCC(=O)OC[C@H](COP(=O)(O)OCCN)OC(=O)CCCCCCCCCCCCCCCCCCCCCCCC. The average Bonchev–Trinajstić information content (AvgIpc) is 3.31. The molecule has 0 bridgehead atoms. The van der Waals surface area contributed by atoms with Crippen LogP contribution in [0.4, 0.5) is 0 Å². The molecule has 0 heterocycles. The van der Waals surface area contributed by atoms with Crippen LogP contribution in [-0.2, 0) is 32.7 Å². The molecule has 0 radical (unpaired) electrons. The Morgan fingerprint density at radius 2 is 0.758 bits per heavy atom. The van der Waals surface area contributed by atoms with Crippen molar-refractivity contribution in [3.05, 3.63) is 12.2 Å². The summed E-state index contributed by atoms with van der Waals surface area (Å²) in [7, 11) is -4.39. The summed E-state index contributed by atoms with van der Waals surface area (Å²) in [6, 6.07) is 0. The second kappa shape index (κ2) is 53.1. The Kier molecular flexibility index (Phi) is 52.1. The predicted molar refractivity (Wildman–Crippen MR) is 280 cm³/mol. The summed E-state index contributed by atoms with van der Waals surface area (Å²) in [6.07, 6.45) is 59.9. The number of esters is 2. The lowest BCUT2D eigenvalue weighted by atomic mass is 10.0. The molecule has 1 unspecified atom stereocenters. The lowest BCUT2D eigenvalue weighted by molar-refractivity contribution is -0.161. The fourth-order valence-electron chi connectivity index (χ4n) is 8.64. The molecule has 0 spiro atoms. The zero-order valence-electron chi connectivity index (χ0n) is 43.7. The van der Waals surface area contributed by atoms with Gasteiger partial charge in [-0.05, 0) is 32.1 Å². The molecule has 0 aromatic carbocycles. The van der Waals surface area contributed by atoms with E-state index in [4.69, 9.17) is 24.3 Å². The Bertz CT molecular complexity index is 1090. The highest BCUT2D eigenvalue weighted by atomic mass is 31.2. The van der Waals surface area contributed by atoms with E-state index >= 15 is 0 Å². The van der Waals surface area contributed by atoms with Crippen molar-refractivity contribution in [2.75, 3.05) is 26.4 Å². The number of allylic oxidation sites excluding steroid dienone is 2. The fourth-order valence-corrected chi connectivity index (χ4v) is 9.41. The van der Waals surface area contributed by atoms with Crippen LogP contribution in [0.2, 0.25) is 0 Å². The first-order valence-corrected chi connectivity index (χ1v) is 30.2. The Morgan fingerprint density at radius 1 is 0.439 bits per heavy atom. The second-order valence-electron chi connectivity index (χ2n) is 19.5. The highest BCUT2D eigenvalue weighted by molar-refractivity contribution is 7.47. The monoisotopic (exact) mass is 956 g/mol. The average molecular weight is 956 g/mol. The van der Waals surface area contributed by atoms with Crippen molar-refractivity contribution < 1.29 is 37.6 Å². The van der Waals surface area contributed by atoms with Gasteiger partial charge in [0, 0.05) is 19.4 Å². The van der Waals surface area contributed by atoms with E-state index < -0.39 is 32.5 Å². The topological polar surface area (TPSA) is 134 Å². The van der Waals surface area contributed by atoms with E-state index in [0.29, 0.717) is 12.8 Å². The highest BCUT2D eigenvalue weighted by Gasteiger charge is 2.26. The standard InChI is InChI=1S/C56H110NO8P/c1-3-5-7-9-11-13-15-17-19-21-23-25-27-29-30-32-34-36-38-40-42-44-46-48-55(58)62-52-54(53-64-66(60,61)63-51-50-57)65-56(59)49-47-45-43-41-39-37-35-33-31-28-26-24-22-20-18-16-14-12-10-8-6-4-2/h40,42,54H,3-39,41,43-53,57H2,1-2H3,(H,60,61)/b42-40+/t54-/m1/s1. The smallest absolute Gasteiger partial charge is 0.462 e. The van der Waals surface area contributed by atoms with Crippen LogP contribution in [0.25, 0.3) is 0 Å². The maximum absolute atomic E-state index is 12.7. The summed E-state index contributed by atoms with van der Waals surface area (Å²) in [5, 5.41) is 0. The van der Waals surface area contributed by atoms with Crippen LogP contribution in [0, 0.1) is 0 Å². The number of phosphoric acid groups is 1. The van der Waals surface area contributed by atoms with Gasteiger partial charge in [0.25, 0.3) is 0 Å². The third-order valence-corrected chi connectivity index (χ3v) is 13.9. The summed E-state index contributed by atoms with van der Waals surface area (Å²) < 4.78 is 33.0. The lowest BCUT2D eigenvalue weighted by Gasteiger charge is -2.19. The van der Waals surface area contributed by atoms with Crippen molar-refractivity contribution in [2.24, 2.45) is 5.73 Å². The summed E-state index contributed by atoms with van der Waals surface area (Å²) in [4.78, 5) is 35.1. The van der Waals surface area contributed by atoms with Gasteiger partial charge < -0.3 is 20.1 Å². The fraction of sp³-hybridized carbons (Fsp3) is 0.929. The minimum absolute atomic E-state index is 0.0538. The molecule has 0 rings (SSSR count). The molecule has 0 aliphatic rings. The van der Waals surface area contributed by atoms with Gasteiger partial charge in [0.2, 0.25) is 0 Å². The number of hydrogen-bond donors (Lipinski definition) is 2. The normalized spacial score (nSPS) is 13.1. The number of unbranched alkanes of at least 4 members (excludes halogenated alkanes) is 40. The molecule has 0 aromatic heterocycles. The van der Waals surface area contributed by atoms with E-state index in [9.17, 15) is 19.0 Å². The van der Waals surface area contributed by atoms with E-state index in [1.807, 2.05) is 0 Å². The number of phosphoric ester groups is 1. The first-order valence-electron chi connectivity index (χ1n) is 28.7. The van der Waals surface area contributed by atoms with Gasteiger partial charge in [-0.1, -0.05) is 270 Å². The van der Waals surface area contributed by atoms with Crippen molar-refractivity contribution >= 4 is 19.8 Å². The van der Waals surface area contributed by atoms with Gasteiger partial charge in [0.15, 0.2) is 6.10 Å². The molecule has 3 N–H and O–H groups in total. The molecule has 0 aliphatic heterocycles. The summed E-state index contributed by atoms with van der Waals surface area (Å²) in [6.45, 7) is 3.78. The molecule has 0 saturated heterocycles. The van der Waals surface area contributed by atoms with Gasteiger partial charge in [-0.2, -0.15) is 0 Å². The van der Waals surface area contributed by atoms with Crippen LogP contribution in [0.3, 0.4) is 0 Å². The van der Waals surface area contributed by atoms with E-state index in [-0.39, 0.29) is 32.6 Å². The molecule has 10 heteroatoms. The van der Waals surface area contributed by atoms with Crippen LogP contribution in [0.15, 0.2) is 12.2 Å². The first kappa shape index (κ1) is 64.8. The molecule has 0 fully saturated rings. The van der Waals surface area contributed by atoms with Gasteiger partial charge in [-0.25, -0.2) is 4.57 Å². The maximum atomic E-state index is 12.7. The van der Waals surface area contributed by atoms with Crippen molar-refractivity contribution in [3.8, 4) is 0 Å². The van der Waals surface area contributed by atoms with Gasteiger partial charge in [-0.3, -0.25) is 18.6 Å². The van der Waals surface area contributed by atoms with Gasteiger partial charge in [0.05, 0.1) is 13.2 Å². The molecular formula is C56H110NO8P. The number of nitrogens with two attached hydrogens (primary N) is 1. The highest BCUT2D eigenvalue weighted by Crippen LogP contribution is 2.43. The Hall–Kier alpha value is -1.25. The van der Waals surface area contributed by atoms with E-state index in [1.165, 1.54) is 238 Å². The van der Waals surface area contributed by atoms with Crippen LogP contribution < -0.4 is 5.73 Å². The van der Waals surface area contributed by atoms with Crippen molar-refractivity contribution in [3.63, 3.8) is 0 Å². The summed E-state index contributed by atoms with van der Waals surface area (Å²) >= 11 is 0. The third-order valence-electron chi connectivity index (χ3n) is 12.9. The second-order valence-corrected chi connectivity index (χ2v) is 21.0. The summed E-state index contributed by atoms with van der Waals surface area (Å²) in [5.74, 6) is -0.845. The molecule has 0 amide bonds. The third kappa shape index (κ3) is 52.1. The molecule has 0 saturated carbocycles. The Morgan fingerprint density at radius 3 is 1.12 bits per heavy atom. The molecule has 9 nitrogen and oxygen atoms in total. The van der Waals surface area contributed by atoms with Gasteiger partial charge >= 0.3 is 19.8 Å². The number of rotatable bonds is 55. The van der Waals surface area contributed by atoms with Crippen LogP contribution >= 0.6 is 7.82 Å². The van der Waals surface area contributed by atoms with Gasteiger partial charge in [-0.15, -0.1) is 0 Å².